The van der Waals surface area contributed by atoms with E-state index >= 15 is 0 Å². The highest BCUT2D eigenvalue weighted by atomic mass is 16.5. The van der Waals surface area contributed by atoms with Gasteiger partial charge in [-0.2, -0.15) is 0 Å². The number of carboxylic acid groups (broad SMARTS) is 1. The van der Waals surface area contributed by atoms with E-state index < -0.39 is 18.5 Å². The number of hydrogen-bond acceptors (Lipinski definition) is 5. The number of carbonyl (C=O) groups excluding carboxylic acids is 1. The third-order valence-corrected chi connectivity index (χ3v) is 6.93. The summed E-state index contributed by atoms with van der Waals surface area (Å²) in [6.45, 7) is 1.88. The van der Waals surface area contributed by atoms with Gasteiger partial charge in [-0.25, -0.2) is 4.79 Å². The molecule has 2 atom stereocenters. The zero-order valence-corrected chi connectivity index (χ0v) is 21.3. The summed E-state index contributed by atoms with van der Waals surface area (Å²) in [5, 5.41) is 9.03. The minimum Gasteiger partial charge on any atom is -0.482 e. The monoisotopic (exact) mass is 502 g/mol. The number of likely N-dealkylation sites (tertiary alicyclic amines) is 1. The van der Waals surface area contributed by atoms with Gasteiger partial charge in [0, 0.05) is 33.8 Å². The molecule has 1 heterocycles. The first-order valence-electron chi connectivity index (χ1n) is 12.5. The third kappa shape index (κ3) is 6.76. The lowest BCUT2D eigenvalue weighted by atomic mass is 9.89. The number of ether oxygens (including phenoxy) is 2. The Labute approximate surface area is 218 Å². The lowest BCUT2D eigenvalue weighted by Gasteiger charge is -2.34. The Hall–Kier alpha value is -3.68. The van der Waals surface area contributed by atoms with Crippen molar-refractivity contribution in [1.29, 1.82) is 0 Å². The van der Waals surface area contributed by atoms with Gasteiger partial charge in [-0.1, -0.05) is 72.8 Å². The Bertz CT molecular complexity index is 1130. The molecule has 0 bridgehead atoms. The van der Waals surface area contributed by atoms with Gasteiger partial charge in [-0.05, 0) is 35.2 Å². The van der Waals surface area contributed by atoms with Crippen LogP contribution < -0.4 is 4.74 Å². The average molecular weight is 503 g/mol. The van der Waals surface area contributed by atoms with Crippen molar-refractivity contribution in [2.45, 2.75) is 24.5 Å². The molecule has 0 saturated carbocycles. The van der Waals surface area contributed by atoms with Gasteiger partial charge in [0.2, 0.25) is 5.91 Å². The van der Waals surface area contributed by atoms with Crippen LogP contribution in [0.3, 0.4) is 0 Å². The second-order valence-electron chi connectivity index (χ2n) is 9.38. The van der Waals surface area contributed by atoms with E-state index in [-0.39, 0.29) is 18.1 Å². The van der Waals surface area contributed by atoms with Gasteiger partial charge in [0.15, 0.2) is 6.61 Å². The number of nitrogens with zero attached hydrogens (tertiary/aromatic N) is 2. The number of aliphatic carboxylic acids is 1. The maximum atomic E-state index is 14.2. The van der Waals surface area contributed by atoms with Crippen LogP contribution in [0.2, 0.25) is 0 Å². The fourth-order valence-electron chi connectivity index (χ4n) is 4.93. The topological polar surface area (TPSA) is 79.3 Å². The van der Waals surface area contributed by atoms with Crippen molar-refractivity contribution in [3.63, 3.8) is 0 Å². The molecule has 7 nitrogen and oxygen atoms in total. The van der Waals surface area contributed by atoms with E-state index in [0.717, 1.165) is 36.2 Å². The van der Waals surface area contributed by atoms with E-state index in [1.54, 1.807) is 13.2 Å². The molecule has 37 heavy (non-hydrogen) atoms. The Morgan fingerprint density at radius 2 is 1.59 bits per heavy atom. The summed E-state index contributed by atoms with van der Waals surface area (Å²) >= 11 is 0. The molecule has 2 unspecified atom stereocenters. The average Bonchev–Trinajstić information content (AvgIpc) is 3.39. The first-order valence-corrected chi connectivity index (χ1v) is 12.5. The molecule has 0 spiro atoms. The van der Waals surface area contributed by atoms with Crippen molar-refractivity contribution in [2.24, 2.45) is 0 Å². The van der Waals surface area contributed by atoms with Crippen LogP contribution in [0, 0.1) is 0 Å². The number of carbonyl (C=O) groups is 2. The number of rotatable bonds is 11. The van der Waals surface area contributed by atoms with Gasteiger partial charge in [-0.3, -0.25) is 9.69 Å². The quantitative estimate of drug-likeness (QED) is 0.423. The maximum absolute atomic E-state index is 14.2. The molecule has 1 amide bonds. The Morgan fingerprint density at radius 1 is 0.973 bits per heavy atom. The summed E-state index contributed by atoms with van der Waals surface area (Å²) < 4.78 is 11.0. The molecule has 1 fully saturated rings. The second-order valence-corrected chi connectivity index (χ2v) is 9.38. The summed E-state index contributed by atoms with van der Waals surface area (Å²) in [5.41, 5.74) is 2.76. The van der Waals surface area contributed by atoms with Crippen LogP contribution in [0.1, 0.15) is 35.1 Å². The van der Waals surface area contributed by atoms with E-state index in [1.165, 1.54) is 0 Å². The highest BCUT2D eigenvalue weighted by Gasteiger charge is 2.33. The predicted molar refractivity (Wildman–Crippen MR) is 142 cm³/mol. The predicted octanol–water partition coefficient (Wildman–Crippen LogP) is 4.20. The van der Waals surface area contributed by atoms with Crippen LogP contribution in [0.5, 0.6) is 5.75 Å². The summed E-state index contributed by atoms with van der Waals surface area (Å²) in [6, 6.07) is 26.8. The van der Waals surface area contributed by atoms with E-state index in [0.29, 0.717) is 12.3 Å². The van der Waals surface area contributed by atoms with Crippen molar-refractivity contribution in [3.8, 4) is 5.75 Å². The molecule has 0 aliphatic carbocycles. The summed E-state index contributed by atoms with van der Waals surface area (Å²) in [7, 11) is 3.58. The second kappa shape index (κ2) is 12.5. The van der Waals surface area contributed by atoms with Crippen molar-refractivity contribution in [2.75, 3.05) is 40.4 Å². The molecule has 0 radical (unpaired) electrons. The number of likely N-dealkylation sites (N-methyl/N-ethyl adjacent to an activating group) is 1. The van der Waals surface area contributed by atoms with Gasteiger partial charge in [0.05, 0.1) is 18.1 Å². The number of carboxylic acids is 1. The van der Waals surface area contributed by atoms with E-state index in [1.807, 2.05) is 90.8 Å². The van der Waals surface area contributed by atoms with Crippen molar-refractivity contribution in [1.82, 2.24) is 9.80 Å². The number of benzene rings is 3. The smallest absolute Gasteiger partial charge is 0.341 e. The maximum Gasteiger partial charge on any atom is 0.341 e. The summed E-state index contributed by atoms with van der Waals surface area (Å²) in [4.78, 5) is 29.4. The summed E-state index contributed by atoms with van der Waals surface area (Å²) in [6.07, 6.45) is 1.12. The highest BCUT2D eigenvalue weighted by Crippen LogP contribution is 2.32. The molecule has 1 aliphatic rings. The van der Waals surface area contributed by atoms with Crippen LogP contribution >= 0.6 is 0 Å². The first kappa shape index (κ1) is 26.4. The number of methoxy groups -OCH3 is 1. The zero-order chi connectivity index (χ0) is 26.2. The molecular formula is C30H34N2O5. The Balaban J connectivity index is 1.67. The molecular weight excluding hydrogens is 468 g/mol. The SMILES string of the molecule is COC1CCN(CC(c2cccc(OCC(=O)O)c2)N(C)C(=O)C(c2ccccc2)c2ccccc2)C1. The van der Waals surface area contributed by atoms with Gasteiger partial charge in [0.25, 0.3) is 0 Å². The molecule has 4 rings (SSSR count). The molecule has 1 aliphatic heterocycles. The molecule has 3 aromatic rings. The Kier molecular flexibility index (Phi) is 8.93. The third-order valence-electron chi connectivity index (χ3n) is 6.93. The highest BCUT2D eigenvalue weighted by molar-refractivity contribution is 5.87. The van der Waals surface area contributed by atoms with Crippen molar-refractivity contribution >= 4 is 11.9 Å². The Morgan fingerprint density at radius 3 is 2.16 bits per heavy atom. The van der Waals surface area contributed by atoms with Crippen molar-refractivity contribution < 1.29 is 24.2 Å². The fourth-order valence-corrected chi connectivity index (χ4v) is 4.93. The van der Waals surface area contributed by atoms with Crippen LogP contribution in [-0.4, -0.2) is 73.3 Å². The molecule has 0 aromatic heterocycles. The minimum atomic E-state index is -1.04. The molecule has 1 saturated heterocycles. The fraction of sp³-hybridized carbons (Fsp3) is 0.333. The molecule has 7 heteroatoms. The van der Waals surface area contributed by atoms with Gasteiger partial charge < -0.3 is 19.5 Å². The molecule has 194 valence electrons. The van der Waals surface area contributed by atoms with E-state index in [2.05, 4.69) is 4.90 Å². The van der Waals surface area contributed by atoms with Crippen LogP contribution in [0.25, 0.3) is 0 Å². The number of hydrogen-bond donors (Lipinski definition) is 1. The lowest BCUT2D eigenvalue weighted by molar-refractivity contribution is -0.139. The van der Waals surface area contributed by atoms with E-state index in [9.17, 15) is 9.59 Å². The van der Waals surface area contributed by atoms with Gasteiger partial charge in [0.1, 0.15) is 5.75 Å². The van der Waals surface area contributed by atoms with Crippen LogP contribution in [0.4, 0.5) is 0 Å². The zero-order valence-electron chi connectivity index (χ0n) is 21.3. The number of amides is 1. The van der Waals surface area contributed by atoms with Crippen LogP contribution in [0.15, 0.2) is 84.9 Å². The van der Waals surface area contributed by atoms with E-state index in [4.69, 9.17) is 14.6 Å². The largest absolute Gasteiger partial charge is 0.482 e. The standard InChI is InChI=1S/C30H34N2O5/c1-31(30(35)29(22-10-5-3-6-11-22)23-12-7-4-8-13-23)27(20-32-17-16-26(19-32)36-2)24-14-9-15-25(18-24)37-21-28(33)34/h3-15,18,26-27,29H,16-17,19-21H2,1-2H3,(H,33,34). The summed E-state index contributed by atoms with van der Waals surface area (Å²) in [5.74, 6) is -1.04. The molecule has 1 N–H and O–H groups in total. The molecule has 3 aromatic carbocycles. The van der Waals surface area contributed by atoms with Gasteiger partial charge in [-0.15, -0.1) is 0 Å². The first-order chi connectivity index (χ1) is 18.0. The van der Waals surface area contributed by atoms with Gasteiger partial charge >= 0.3 is 5.97 Å². The lowest BCUT2D eigenvalue weighted by Crippen LogP contribution is -2.41. The normalized spacial score (nSPS) is 16.5. The minimum absolute atomic E-state index is 0.0123. The van der Waals surface area contributed by atoms with Crippen molar-refractivity contribution in [3.05, 3.63) is 102 Å². The van der Waals surface area contributed by atoms with Crippen LogP contribution in [-0.2, 0) is 14.3 Å².